The van der Waals surface area contributed by atoms with Crippen LogP contribution in [0.5, 0.6) is 5.75 Å². The first-order chi connectivity index (χ1) is 8.34. The molecule has 1 aromatic heterocycles. The highest BCUT2D eigenvalue weighted by Crippen LogP contribution is 2.27. The van der Waals surface area contributed by atoms with E-state index in [4.69, 9.17) is 0 Å². The normalized spacial score (nSPS) is 23.2. The van der Waals surface area contributed by atoms with Crippen LogP contribution in [0.15, 0.2) is 17.1 Å². The van der Waals surface area contributed by atoms with Crippen LogP contribution in [0.25, 0.3) is 0 Å². The first-order valence-corrected chi connectivity index (χ1v) is 5.93. The number of amides is 1. The molecule has 1 unspecified atom stereocenters. The van der Waals surface area contributed by atoms with Crippen LogP contribution in [0.4, 0.5) is 0 Å². The van der Waals surface area contributed by atoms with Crippen molar-refractivity contribution in [1.29, 1.82) is 0 Å². The lowest BCUT2D eigenvalue weighted by atomic mass is 9.89. The van der Waals surface area contributed by atoms with E-state index in [1.54, 1.807) is 19.1 Å². The summed E-state index contributed by atoms with van der Waals surface area (Å²) in [6, 6.07) is 3.20. The molecule has 2 rings (SSSR count). The molecule has 0 radical (unpaired) electrons. The second kappa shape index (κ2) is 4.08. The van der Waals surface area contributed by atoms with Gasteiger partial charge in [-0.25, -0.2) is 9.98 Å². The van der Waals surface area contributed by atoms with Gasteiger partial charge >= 0.3 is 0 Å². The first kappa shape index (κ1) is 12.5. The summed E-state index contributed by atoms with van der Waals surface area (Å²) in [4.78, 5) is 20.6. The summed E-state index contributed by atoms with van der Waals surface area (Å²) >= 11 is 0. The Kier molecular flexibility index (Phi) is 2.84. The molecule has 0 saturated heterocycles. The molecule has 96 valence electrons. The molecule has 1 aromatic rings. The van der Waals surface area contributed by atoms with Crippen molar-refractivity contribution in [2.24, 2.45) is 10.9 Å². The Balaban J connectivity index is 2.41. The molecule has 0 bridgehead atoms. The summed E-state index contributed by atoms with van der Waals surface area (Å²) in [6.07, 6.45) is 0. The summed E-state index contributed by atoms with van der Waals surface area (Å²) in [7, 11) is 0. The number of aryl methyl sites for hydroxylation is 1. The van der Waals surface area contributed by atoms with Crippen molar-refractivity contribution in [3.05, 3.63) is 23.5 Å². The Bertz CT molecular complexity index is 537. The Labute approximate surface area is 106 Å². The lowest BCUT2D eigenvalue weighted by Gasteiger charge is -2.21. The largest absolute Gasteiger partial charge is 0.506 e. The van der Waals surface area contributed by atoms with Crippen LogP contribution in [-0.2, 0) is 4.79 Å². The van der Waals surface area contributed by atoms with Gasteiger partial charge in [-0.15, -0.1) is 0 Å². The van der Waals surface area contributed by atoms with E-state index in [1.807, 2.05) is 20.8 Å². The minimum absolute atomic E-state index is 0.105. The SMILES string of the molecule is Cc1nc(C2=NC(C)(C(C)C)C(=O)N2)ccc1O. The number of aromatic hydroxyl groups is 1. The number of carbonyl (C=O) groups is 1. The lowest BCUT2D eigenvalue weighted by Crippen LogP contribution is -2.41. The number of pyridine rings is 1. The Hall–Kier alpha value is -1.91. The zero-order valence-electron chi connectivity index (χ0n) is 11.0. The van der Waals surface area contributed by atoms with Crippen molar-refractivity contribution >= 4 is 11.7 Å². The van der Waals surface area contributed by atoms with Gasteiger partial charge in [0.1, 0.15) is 17.0 Å². The summed E-state index contributed by atoms with van der Waals surface area (Å²) in [6.45, 7) is 7.44. The highest BCUT2D eigenvalue weighted by Gasteiger charge is 2.42. The monoisotopic (exact) mass is 247 g/mol. The molecule has 1 atom stereocenters. The Morgan fingerprint density at radius 2 is 2.06 bits per heavy atom. The molecule has 0 aromatic carbocycles. The summed E-state index contributed by atoms with van der Waals surface area (Å²) in [5.74, 6) is 0.600. The molecule has 18 heavy (non-hydrogen) atoms. The second-order valence-electron chi connectivity index (χ2n) is 5.02. The van der Waals surface area contributed by atoms with Gasteiger partial charge in [0.05, 0.1) is 5.69 Å². The van der Waals surface area contributed by atoms with E-state index in [9.17, 15) is 9.90 Å². The van der Waals surface area contributed by atoms with E-state index in [1.165, 1.54) is 0 Å². The number of nitrogens with one attached hydrogen (secondary N) is 1. The standard InChI is InChI=1S/C13H17N3O2/c1-7(2)13(4)12(18)15-11(16-13)9-5-6-10(17)8(3)14-9/h5-7,17H,1-4H3,(H,15,16,18). The molecule has 0 fully saturated rings. The predicted octanol–water partition coefficient (Wildman–Crippen LogP) is 1.39. The van der Waals surface area contributed by atoms with Crippen LogP contribution < -0.4 is 5.32 Å². The molecule has 5 heteroatoms. The maximum absolute atomic E-state index is 12.0. The highest BCUT2D eigenvalue weighted by atomic mass is 16.3. The molecule has 0 saturated carbocycles. The molecular formula is C13H17N3O2. The predicted molar refractivity (Wildman–Crippen MR) is 68.6 cm³/mol. The molecule has 0 spiro atoms. The van der Waals surface area contributed by atoms with Crippen LogP contribution in [-0.4, -0.2) is 27.4 Å². The molecule has 1 aliphatic heterocycles. The van der Waals surface area contributed by atoms with Crippen LogP contribution >= 0.6 is 0 Å². The van der Waals surface area contributed by atoms with Gasteiger partial charge in [-0.3, -0.25) is 4.79 Å². The molecule has 1 amide bonds. The number of aromatic nitrogens is 1. The van der Waals surface area contributed by atoms with Gasteiger partial charge in [-0.1, -0.05) is 13.8 Å². The number of aliphatic imine (C=N–C) groups is 1. The number of hydrogen-bond acceptors (Lipinski definition) is 4. The van der Waals surface area contributed by atoms with E-state index < -0.39 is 5.54 Å². The average Bonchev–Trinajstić information content (AvgIpc) is 2.61. The maximum atomic E-state index is 12.0. The van der Waals surface area contributed by atoms with E-state index in [2.05, 4.69) is 15.3 Å². The average molecular weight is 247 g/mol. The summed E-state index contributed by atoms with van der Waals surface area (Å²) in [5.41, 5.74) is 0.341. The van der Waals surface area contributed by atoms with Gasteiger partial charge in [0.25, 0.3) is 5.91 Å². The van der Waals surface area contributed by atoms with Crippen molar-refractivity contribution in [3.63, 3.8) is 0 Å². The molecule has 5 nitrogen and oxygen atoms in total. The van der Waals surface area contributed by atoms with Crippen LogP contribution in [0.2, 0.25) is 0 Å². The van der Waals surface area contributed by atoms with Gasteiger partial charge in [0, 0.05) is 0 Å². The van der Waals surface area contributed by atoms with Crippen molar-refractivity contribution in [3.8, 4) is 5.75 Å². The molecule has 0 aliphatic carbocycles. The zero-order valence-corrected chi connectivity index (χ0v) is 11.0. The molecule has 2 N–H and O–H groups in total. The third-order valence-corrected chi connectivity index (χ3v) is 3.46. The van der Waals surface area contributed by atoms with Crippen molar-refractivity contribution in [1.82, 2.24) is 10.3 Å². The van der Waals surface area contributed by atoms with Crippen molar-refractivity contribution in [2.75, 3.05) is 0 Å². The zero-order chi connectivity index (χ0) is 13.5. The minimum Gasteiger partial charge on any atom is -0.506 e. The third kappa shape index (κ3) is 1.85. The fraction of sp³-hybridized carbons (Fsp3) is 0.462. The first-order valence-electron chi connectivity index (χ1n) is 5.93. The number of rotatable bonds is 2. The molecule has 1 aliphatic rings. The fourth-order valence-electron chi connectivity index (χ4n) is 1.74. The smallest absolute Gasteiger partial charge is 0.253 e. The third-order valence-electron chi connectivity index (χ3n) is 3.46. The number of amidine groups is 1. The Morgan fingerprint density at radius 3 is 2.56 bits per heavy atom. The van der Waals surface area contributed by atoms with Gasteiger partial charge in [0.2, 0.25) is 0 Å². The summed E-state index contributed by atoms with van der Waals surface area (Å²) < 4.78 is 0. The van der Waals surface area contributed by atoms with Gasteiger partial charge in [0.15, 0.2) is 5.84 Å². The van der Waals surface area contributed by atoms with Gasteiger partial charge in [-0.2, -0.15) is 0 Å². The quantitative estimate of drug-likeness (QED) is 0.829. The van der Waals surface area contributed by atoms with Gasteiger partial charge < -0.3 is 10.4 Å². The van der Waals surface area contributed by atoms with Crippen LogP contribution in [0, 0.1) is 12.8 Å². The van der Waals surface area contributed by atoms with Crippen LogP contribution in [0.3, 0.4) is 0 Å². The lowest BCUT2D eigenvalue weighted by molar-refractivity contribution is -0.124. The van der Waals surface area contributed by atoms with Gasteiger partial charge in [-0.05, 0) is 31.9 Å². The molecule has 2 heterocycles. The highest BCUT2D eigenvalue weighted by molar-refractivity contribution is 6.14. The Morgan fingerprint density at radius 1 is 1.39 bits per heavy atom. The van der Waals surface area contributed by atoms with Crippen LogP contribution in [0.1, 0.15) is 32.2 Å². The molecular weight excluding hydrogens is 230 g/mol. The van der Waals surface area contributed by atoms with E-state index in [0.29, 0.717) is 17.2 Å². The number of nitrogens with zero attached hydrogens (tertiary/aromatic N) is 2. The topological polar surface area (TPSA) is 74.6 Å². The number of carbonyl (C=O) groups excluding carboxylic acids is 1. The fourth-order valence-corrected chi connectivity index (χ4v) is 1.74. The summed E-state index contributed by atoms with van der Waals surface area (Å²) in [5, 5.41) is 12.2. The maximum Gasteiger partial charge on any atom is 0.253 e. The van der Waals surface area contributed by atoms with E-state index >= 15 is 0 Å². The minimum atomic E-state index is -0.747. The van der Waals surface area contributed by atoms with E-state index in [0.717, 1.165) is 0 Å². The van der Waals surface area contributed by atoms with Crippen molar-refractivity contribution < 1.29 is 9.90 Å². The number of hydrogen-bond donors (Lipinski definition) is 2. The van der Waals surface area contributed by atoms with E-state index in [-0.39, 0.29) is 17.6 Å². The van der Waals surface area contributed by atoms with Crippen molar-refractivity contribution in [2.45, 2.75) is 33.2 Å². The second-order valence-corrected chi connectivity index (χ2v) is 5.02.